The third kappa shape index (κ3) is 7.29. The van der Waals surface area contributed by atoms with Gasteiger partial charge in [0.25, 0.3) is 5.60 Å². The van der Waals surface area contributed by atoms with Crippen molar-refractivity contribution >= 4 is 0 Å². The molecule has 1 aromatic carbocycles. The maximum absolute atomic E-state index is 12.9. The number of piperazine rings is 2. The fourth-order valence-corrected chi connectivity index (χ4v) is 4.29. The second kappa shape index (κ2) is 10.9. The summed E-state index contributed by atoms with van der Waals surface area (Å²) in [6, 6.07) is 5.53. The molecule has 190 valence electrons. The van der Waals surface area contributed by atoms with E-state index >= 15 is 0 Å². The van der Waals surface area contributed by atoms with Crippen LogP contribution in [-0.4, -0.2) is 72.7 Å². The number of hydrogen-bond donors (Lipinski definition) is 4. The zero-order chi connectivity index (χ0) is 25.0. The number of nitrogens with one attached hydrogen (secondary N) is 3. The first-order valence-electron chi connectivity index (χ1n) is 11.0. The van der Waals surface area contributed by atoms with Gasteiger partial charge < -0.3 is 21.1 Å². The van der Waals surface area contributed by atoms with Crippen molar-refractivity contribution in [2.24, 2.45) is 0 Å². The molecule has 2 saturated heterocycles. The Kier molecular flexibility index (Phi) is 9.19. The molecule has 2 heterocycles. The Morgan fingerprint density at radius 3 is 1.58 bits per heavy atom. The lowest BCUT2D eigenvalue weighted by atomic mass is 9.91. The van der Waals surface area contributed by atoms with Crippen LogP contribution in [0.2, 0.25) is 0 Å². The number of rotatable bonds is 3. The molecule has 0 unspecified atom stereocenters. The van der Waals surface area contributed by atoms with Crippen LogP contribution >= 0.6 is 0 Å². The average molecular weight is 485 g/mol. The third-order valence-electron chi connectivity index (χ3n) is 5.70. The lowest BCUT2D eigenvalue weighted by molar-refractivity contribution is -0.376. The van der Waals surface area contributed by atoms with Crippen molar-refractivity contribution in [2.45, 2.75) is 76.4 Å². The summed E-state index contributed by atoms with van der Waals surface area (Å²) in [7, 11) is 0. The van der Waals surface area contributed by atoms with Crippen LogP contribution in [0.4, 0.5) is 26.3 Å². The number of benzene rings is 1. The predicted octanol–water partition coefficient (Wildman–Crippen LogP) is 3.14. The molecule has 5 nitrogen and oxygen atoms in total. The monoisotopic (exact) mass is 484 g/mol. The first kappa shape index (κ1) is 27.8. The molecule has 4 atom stereocenters. The van der Waals surface area contributed by atoms with E-state index in [2.05, 4.69) is 34.7 Å². The van der Waals surface area contributed by atoms with Gasteiger partial charge in [-0.15, -0.1) is 0 Å². The van der Waals surface area contributed by atoms with Gasteiger partial charge in [0, 0.05) is 62.5 Å². The van der Waals surface area contributed by atoms with E-state index < -0.39 is 23.5 Å². The lowest BCUT2D eigenvalue weighted by Gasteiger charge is -2.36. The summed E-state index contributed by atoms with van der Waals surface area (Å²) >= 11 is 0. The van der Waals surface area contributed by atoms with Gasteiger partial charge in [-0.05, 0) is 33.3 Å². The van der Waals surface area contributed by atoms with Crippen LogP contribution in [0.5, 0.6) is 0 Å². The minimum absolute atomic E-state index is 0.239. The van der Waals surface area contributed by atoms with Crippen molar-refractivity contribution in [3.8, 4) is 0 Å². The Labute approximate surface area is 190 Å². The Balaban J connectivity index is 0.000000405. The van der Waals surface area contributed by atoms with Gasteiger partial charge in [-0.25, -0.2) is 0 Å². The van der Waals surface area contributed by atoms with Gasteiger partial charge in [0.05, 0.1) is 0 Å². The van der Waals surface area contributed by atoms with Gasteiger partial charge in [0.2, 0.25) is 0 Å². The summed E-state index contributed by atoms with van der Waals surface area (Å²) in [4.78, 5) is 2.07. The largest absolute Gasteiger partial charge is 0.430 e. The molecule has 0 amide bonds. The van der Waals surface area contributed by atoms with Crippen molar-refractivity contribution in [2.75, 3.05) is 26.2 Å². The van der Waals surface area contributed by atoms with E-state index in [1.54, 1.807) is 0 Å². The van der Waals surface area contributed by atoms with Crippen molar-refractivity contribution < 1.29 is 31.4 Å². The number of nitrogens with zero attached hydrogens (tertiary/aromatic N) is 1. The third-order valence-corrected chi connectivity index (χ3v) is 5.70. The molecule has 0 bridgehead atoms. The van der Waals surface area contributed by atoms with Gasteiger partial charge in [0.1, 0.15) is 0 Å². The highest BCUT2D eigenvalue weighted by molar-refractivity contribution is 5.30. The molecule has 3 rings (SSSR count). The SMILES string of the molecule is C[C@@H]1CN(Cc2ccc(C(O)(C(F)(F)F)C(F)(F)F)cc2)C[C@H](C)N1.C[C@@H]1CNC[C@H](C)N1. The zero-order valence-electron chi connectivity index (χ0n) is 19.3. The lowest BCUT2D eigenvalue weighted by Crippen LogP contribution is -2.54. The van der Waals surface area contributed by atoms with E-state index in [0.29, 0.717) is 36.3 Å². The number of halogens is 6. The Bertz CT molecular complexity index is 708. The molecule has 33 heavy (non-hydrogen) atoms. The summed E-state index contributed by atoms with van der Waals surface area (Å²) in [6.45, 7) is 12.5. The summed E-state index contributed by atoms with van der Waals surface area (Å²) < 4.78 is 77.2. The minimum Gasteiger partial charge on any atom is -0.369 e. The molecule has 4 N–H and O–H groups in total. The van der Waals surface area contributed by atoms with Crippen LogP contribution in [0.15, 0.2) is 24.3 Å². The summed E-state index contributed by atoms with van der Waals surface area (Å²) in [5.74, 6) is 0. The van der Waals surface area contributed by atoms with Gasteiger partial charge in [-0.1, -0.05) is 24.3 Å². The topological polar surface area (TPSA) is 59.6 Å². The van der Waals surface area contributed by atoms with Crippen LogP contribution in [0.3, 0.4) is 0 Å². The van der Waals surface area contributed by atoms with Crippen LogP contribution < -0.4 is 16.0 Å². The van der Waals surface area contributed by atoms with Crippen LogP contribution in [0, 0.1) is 0 Å². The van der Waals surface area contributed by atoms with Crippen LogP contribution in [0.25, 0.3) is 0 Å². The van der Waals surface area contributed by atoms with Crippen molar-refractivity contribution in [1.82, 2.24) is 20.9 Å². The van der Waals surface area contributed by atoms with E-state index in [9.17, 15) is 31.4 Å². The van der Waals surface area contributed by atoms with E-state index in [1.807, 2.05) is 13.8 Å². The Morgan fingerprint density at radius 2 is 1.21 bits per heavy atom. The van der Waals surface area contributed by atoms with E-state index in [-0.39, 0.29) is 12.1 Å². The maximum atomic E-state index is 12.9. The van der Waals surface area contributed by atoms with Gasteiger partial charge in [-0.2, -0.15) is 26.3 Å². The smallest absolute Gasteiger partial charge is 0.369 e. The molecular formula is C22H34F6N4O. The Morgan fingerprint density at radius 1 is 0.788 bits per heavy atom. The molecule has 2 aliphatic rings. The molecule has 11 heteroatoms. The van der Waals surface area contributed by atoms with Crippen molar-refractivity contribution in [3.63, 3.8) is 0 Å². The first-order chi connectivity index (χ1) is 15.1. The van der Waals surface area contributed by atoms with E-state index in [0.717, 1.165) is 26.2 Å². The minimum atomic E-state index is -5.86. The molecule has 0 aromatic heterocycles. The maximum Gasteiger partial charge on any atom is 0.430 e. The zero-order valence-corrected chi connectivity index (χ0v) is 19.3. The molecule has 0 aliphatic carbocycles. The highest BCUT2D eigenvalue weighted by atomic mass is 19.4. The molecule has 0 spiro atoms. The van der Waals surface area contributed by atoms with Crippen LogP contribution in [-0.2, 0) is 12.1 Å². The normalized spacial score (nSPS) is 27.6. The highest BCUT2D eigenvalue weighted by Gasteiger charge is 2.71. The highest BCUT2D eigenvalue weighted by Crippen LogP contribution is 2.49. The van der Waals surface area contributed by atoms with Crippen molar-refractivity contribution in [1.29, 1.82) is 0 Å². The quantitative estimate of drug-likeness (QED) is 0.497. The Hall–Kier alpha value is -1.40. The van der Waals surface area contributed by atoms with E-state index in [1.165, 1.54) is 12.1 Å². The average Bonchev–Trinajstić information content (AvgIpc) is 2.65. The van der Waals surface area contributed by atoms with Gasteiger partial charge >= 0.3 is 12.4 Å². The molecular weight excluding hydrogens is 450 g/mol. The number of aliphatic hydroxyl groups is 1. The number of hydrogen-bond acceptors (Lipinski definition) is 5. The molecule has 2 aliphatic heterocycles. The standard InChI is InChI=1S/C16H20F6N2O.C6H14N2/c1-10-7-24(8-11(2)23-10)9-12-3-5-13(6-4-12)14(25,15(17,18)19)16(20,21)22;1-5-3-7-4-6(2)8-5/h3-6,10-11,23,25H,7-9H2,1-2H3;5-8H,3-4H2,1-2H3/t10-,11+;5-,6+. The summed E-state index contributed by atoms with van der Waals surface area (Å²) in [5, 5.41) is 19.4. The second-order valence-electron chi connectivity index (χ2n) is 9.19. The summed E-state index contributed by atoms with van der Waals surface area (Å²) in [5.41, 5.74) is -5.54. The van der Waals surface area contributed by atoms with Gasteiger partial charge in [-0.3, -0.25) is 4.90 Å². The van der Waals surface area contributed by atoms with Gasteiger partial charge in [0.15, 0.2) is 0 Å². The summed E-state index contributed by atoms with van der Waals surface area (Å²) in [6.07, 6.45) is -11.7. The van der Waals surface area contributed by atoms with E-state index in [4.69, 9.17) is 0 Å². The fourth-order valence-electron chi connectivity index (χ4n) is 4.29. The molecule has 1 aromatic rings. The van der Waals surface area contributed by atoms with Crippen LogP contribution in [0.1, 0.15) is 38.8 Å². The fraction of sp³-hybridized carbons (Fsp3) is 0.727. The first-order valence-corrected chi connectivity index (χ1v) is 11.0. The second-order valence-corrected chi connectivity index (χ2v) is 9.19. The predicted molar refractivity (Wildman–Crippen MR) is 115 cm³/mol. The number of alkyl halides is 6. The van der Waals surface area contributed by atoms with Crippen molar-refractivity contribution in [3.05, 3.63) is 35.4 Å². The molecule has 2 fully saturated rings. The molecule has 0 radical (unpaired) electrons. The molecule has 0 saturated carbocycles.